The first-order chi connectivity index (χ1) is 18.3. The molecule has 3 aromatic heterocycles. The van der Waals surface area contributed by atoms with Crippen LogP contribution in [0.15, 0.2) is 114 Å². The molecule has 5 aromatic carbocycles. The van der Waals surface area contributed by atoms with Crippen molar-refractivity contribution in [3.05, 3.63) is 115 Å². The number of imidazole rings is 1. The summed E-state index contributed by atoms with van der Waals surface area (Å²) < 4.78 is 9.02. The molecule has 3 heterocycles. The van der Waals surface area contributed by atoms with Crippen LogP contribution in [0.1, 0.15) is 5.69 Å². The first-order valence-electron chi connectivity index (χ1n) is 12.4. The van der Waals surface area contributed by atoms with Gasteiger partial charge in [0.15, 0.2) is 0 Å². The second-order valence-electron chi connectivity index (χ2n) is 9.48. The summed E-state index contributed by atoms with van der Waals surface area (Å²) in [5, 5.41) is 6.92. The van der Waals surface area contributed by atoms with Crippen LogP contribution in [0.3, 0.4) is 0 Å². The largest absolute Gasteiger partial charge is 0.455 e. The maximum Gasteiger partial charge on any atom is 0.149 e. The first kappa shape index (κ1) is 20.3. The van der Waals surface area contributed by atoms with Crippen LogP contribution >= 0.6 is 0 Å². The van der Waals surface area contributed by atoms with E-state index in [9.17, 15) is 0 Å². The number of hydrogen-bond donors (Lipinski definition) is 0. The van der Waals surface area contributed by atoms with Crippen LogP contribution in [0, 0.1) is 6.92 Å². The molecule has 0 spiro atoms. The van der Waals surface area contributed by atoms with Crippen molar-refractivity contribution in [1.82, 2.24) is 14.5 Å². The summed E-state index contributed by atoms with van der Waals surface area (Å²) >= 11 is 0. The Hall–Kier alpha value is -4.96. The van der Waals surface area contributed by atoms with Gasteiger partial charge in [0.25, 0.3) is 0 Å². The number of fused-ring (bicyclic) bond motifs is 8. The molecular weight excluding hydrogens is 454 g/mol. The minimum Gasteiger partial charge on any atom is -0.455 e. The molecule has 0 saturated heterocycles. The molecule has 8 rings (SSSR count). The van der Waals surface area contributed by atoms with E-state index in [0.717, 1.165) is 61.1 Å². The number of rotatable bonds is 2. The highest BCUT2D eigenvalue weighted by molar-refractivity contribution is 6.23. The van der Waals surface area contributed by atoms with Gasteiger partial charge in [-0.25, -0.2) is 4.98 Å². The molecule has 0 saturated carbocycles. The van der Waals surface area contributed by atoms with E-state index in [-0.39, 0.29) is 0 Å². The molecule has 4 nitrogen and oxygen atoms in total. The highest BCUT2D eigenvalue weighted by Gasteiger charge is 2.21. The Morgan fingerprint density at radius 3 is 2.32 bits per heavy atom. The fourth-order valence-electron chi connectivity index (χ4n) is 5.67. The summed E-state index contributed by atoms with van der Waals surface area (Å²) in [7, 11) is 0. The van der Waals surface area contributed by atoms with Crippen LogP contribution in [0.2, 0.25) is 0 Å². The van der Waals surface area contributed by atoms with Gasteiger partial charge in [0.2, 0.25) is 0 Å². The smallest absolute Gasteiger partial charge is 0.149 e. The van der Waals surface area contributed by atoms with E-state index >= 15 is 0 Å². The van der Waals surface area contributed by atoms with Crippen LogP contribution in [-0.4, -0.2) is 14.5 Å². The molecule has 0 aliphatic heterocycles. The highest BCUT2D eigenvalue weighted by Crippen LogP contribution is 2.41. The topological polar surface area (TPSA) is 43.9 Å². The van der Waals surface area contributed by atoms with Crippen LogP contribution in [0.25, 0.3) is 71.6 Å². The van der Waals surface area contributed by atoms with Gasteiger partial charge in [-0.05, 0) is 53.4 Å². The zero-order valence-electron chi connectivity index (χ0n) is 20.1. The number of aromatic nitrogens is 3. The monoisotopic (exact) mass is 475 g/mol. The minimum absolute atomic E-state index is 0.844. The molecule has 0 fully saturated rings. The second-order valence-corrected chi connectivity index (χ2v) is 9.48. The van der Waals surface area contributed by atoms with E-state index in [1.807, 2.05) is 25.3 Å². The van der Waals surface area contributed by atoms with Gasteiger partial charge in [-0.15, -0.1) is 0 Å². The molecule has 0 aliphatic rings. The van der Waals surface area contributed by atoms with Gasteiger partial charge in [0.05, 0.1) is 16.8 Å². The Kier molecular flexibility index (Phi) is 4.12. The third-order valence-electron chi connectivity index (χ3n) is 7.38. The molecule has 0 amide bonds. The summed E-state index contributed by atoms with van der Waals surface area (Å²) in [6, 6.07) is 36.0. The van der Waals surface area contributed by atoms with Crippen molar-refractivity contribution in [3.8, 4) is 17.1 Å². The summed E-state index contributed by atoms with van der Waals surface area (Å²) in [6.45, 7) is 2.01. The molecule has 174 valence electrons. The third-order valence-corrected chi connectivity index (χ3v) is 7.38. The van der Waals surface area contributed by atoms with Gasteiger partial charge >= 0.3 is 0 Å². The first-order valence-corrected chi connectivity index (χ1v) is 12.4. The van der Waals surface area contributed by atoms with Gasteiger partial charge in [0, 0.05) is 28.0 Å². The van der Waals surface area contributed by atoms with E-state index in [2.05, 4.69) is 101 Å². The Labute approximate surface area is 212 Å². The maximum absolute atomic E-state index is 6.81. The molecule has 37 heavy (non-hydrogen) atoms. The van der Waals surface area contributed by atoms with E-state index in [1.165, 1.54) is 16.2 Å². The fourth-order valence-corrected chi connectivity index (χ4v) is 5.67. The van der Waals surface area contributed by atoms with Crippen molar-refractivity contribution in [3.63, 3.8) is 0 Å². The predicted octanol–water partition coefficient (Wildman–Crippen LogP) is 8.60. The summed E-state index contributed by atoms with van der Waals surface area (Å²) in [6.07, 6.45) is 1.85. The average Bonchev–Trinajstić information content (AvgIpc) is 3.53. The van der Waals surface area contributed by atoms with Gasteiger partial charge in [-0.3, -0.25) is 9.55 Å². The molecule has 0 radical (unpaired) electrons. The van der Waals surface area contributed by atoms with Gasteiger partial charge < -0.3 is 4.42 Å². The normalized spacial score (nSPS) is 11.9. The van der Waals surface area contributed by atoms with Crippen molar-refractivity contribution < 1.29 is 4.42 Å². The van der Waals surface area contributed by atoms with Gasteiger partial charge in [-0.1, -0.05) is 72.8 Å². The number of hydrogen-bond acceptors (Lipinski definition) is 3. The average molecular weight is 476 g/mol. The Morgan fingerprint density at radius 2 is 1.41 bits per heavy atom. The highest BCUT2D eigenvalue weighted by atomic mass is 16.3. The fraction of sp³-hybridized carbons (Fsp3) is 0.0303. The Balaban J connectivity index is 1.52. The maximum atomic E-state index is 6.81. The molecule has 0 unspecified atom stereocenters. The lowest BCUT2D eigenvalue weighted by atomic mass is 9.99. The quantitative estimate of drug-likeness (QED) is 0.235. The molecule has 0 aliphatic carbocycles. The number of aryl methyl sites for hydroxylation is 1. The molecule has 4 heteroatoms. The van der Waals surface area contributed by atoms with Crippen molar-refractivity contribution in [2.45, 2.75) is 6.92 Å². The van der Waals surface area contributed by atoms with Crippen LogP contribution in [-0.2, 0) is 0 Å². The molecule has 0 N–H and O–H groups in total. The third kappa shape index (κ3) is 2.84. The van der Waals surface area contributed by atoms with Crippen LogP contribution in [0.4, 0.5) is 0 Å². The van der Waals surface area contributed by atoms with Crippen molar-refractivity contribution in [2.24, 2.45) is 0 Å². The predicted molar refractivity (Wildman–Crippen MR) is 151 cm³/mol. The number of furan rings is 1. The SMILES string of the molecule is Cc1nccc2c1nc(-c1cccc3c1oc1c3ccc3ccc4ccccc4c31)n2-c1ccccc1. The summed E-state index contributed by atoms with van der Waals surface area (Å²) in [5.74, 6) is 0.844. The molecular formula is C33H21N3O. The standard InChI is InChI=1S/C33H21N3O/c1-20-30-28(18-19-34-20)36(23-9-3-2-4-10-23)33(35-30)27-13-7-12-25-26-17-16-22-15-14-21-8-5-6-11-24(21)29(22)32(26)37-31(25)27/h2-19H,1H3. The lowest BCUT2D eigenvalue weighted by molar-refractivity contribution is 0.673. The lowest BCUT2D eigenvalue weighted by Crippen LogP contribution is -1.97. The van der Waals surface area contributed by atoms with Crippen molar-refractivity contribution >= 4 is 54.5 Å². The van der Waals surface area contributed by atoms with E-state index in [1.54, 1.807) is 0 Å². The van der Waals surface area contributed by atoms with Crippen LogP contribution in [0.5, 0.6) is 0 Å². The molecule has 0 bridgehead atoms. The summed E-state index contributed by atoms with van der Waals surface area (Å²) in [5.41, 5.74) is 6.59. The van der Waals surface area contributed by atoms with Gasteiger partial charge in [-0.2, -0.15) is 0 Å². The van der Waals surface area contributed by atoms with E-state index in [4.69, 9.17) is 9.40 Å². The van der Waals surface area contributed by atoms with Crippen molar-refractivity contribution in [2.75, 3.05) is 0 Å². The lowest BCUT2D eigenvalue weighted by Gasteiger charge is -2.09. The van der Waals surface area contributed by atoms with Crippen molar-refractivity contribution in [1.29, 1.82) is 0 Å². The number of benzene rings is 5. The van der Waals surface area contributed by atoms with E-state index in [0.29, 0.717) is 0 Å². The minimum atomic E-state index is 0.844. The number of para-hydroxylation sites is 2. The summed E-state index contributed by atoms with van der Waals surface area (Å²) in [4.78, 5) is 9.64. The molecule has 0 atom stereocenters. The zero-order chi connectivity index (χ0) is 24.5. The second kappa shape index (κ2) is 7.52. The number of pyridine rings is 1. The zero-order valence-corrected chi connectivity index (χ0v) is 20.1. The van der Waals surface area contributed by atoms with Gasteiger partial charge in [0.1, 0.15) is 22.5 Å². The Morgan fingerprint density at radius 1 is 0.649 bits per heavy atom. The number of nitrogens with zero attached hydrogens (tertiary/aromatic N) is 3. The molecule has 8 aromatic rings. The van der Waals surface area contributed by atoms with E-state index < -0.39 is 0 Å². The van der Waals surface area contributed by atoms with Crippen LogP contribution < -0.4 is 0 Å². The Bertz CT molecular complexity index is 2150.